The van der Waals surface area contributed by atoms with E-state index in [-0.39, 0.29) is 5.65 Å². The van der Waals surface area contributed by atoms with Crippen molar-refractivity contribution in [1.82, 2.24) is 29.4 Å². The summed E-state index contributed by atoms with van der Waals surface area (Å²) in [4.78, 5) is 23.4. The molecule has 0 saturated heterocycles. The second-order valence-electron chi connectivity index (χ2n) is 8.80. The molecule has 0 unspecified atom stereocenters. The molecule has 0 N–H and O–H groups in total. The molecule has 176 valence electrons. The summed E-state index contributed by atoms with van der Waals surface area (Å²) in [6.07, 6.45) is -0.179. The zero-order valence-electron chi connectivity index (χ0n) is 19.7. The highest BCUT2D eigenvalue weighted by molar-refractivity contribution is 5.69. The summed E-state index contributed by atoms with van der Waals surface area (Å²) in [6.45, 7) is 8.95. The van der Waals surface area contributed by atoms with Crippen molar-refractivity contribution in [2.24, 2.45) is 7.05 Å². The van der Waals surface area contributed by atoms with E-state index in [4.69, 9.17) is 4.98 Å². The Bertz CT molecular complexity index is 1510. The number of hydrogen-bond acceptors (Lipinski definition) is 6. The zero-order chi connectivity index (χ0) is 24.3. The number of aryl methyl sites for hydroxylation is 3. The fourth-order valence-electron chi connectivity index (χ4n) is 4.69. The molecule has 0 bridgehead atoms. The van der Waals surface area contributed by atoms with Gasteiger partial charge in [-0.15, -0.1) is 5.10 Å². The summed E-state index contributed by atoms with van der Waals surface area (Å²) < 4.78 is 29.3. The number of nitrogens with zero attached hydrogens (tertiary/aromatic N) is 7. The minimum absolute atomic E-state index is 0.160. The zero-order valence-corrected chi connectivity index (χ0v) is 19.7. The predicted molar refractivity (Wildman–Crippen MR) is 124 cm³/mol. The van der Waals surface area contributed by atoms with Crippen LogP contribution >= 0.6 is 0 Å². The molecule has 0 saturated carbocycles. The minimum Gasteiger partial charge on any atom is -0.350 e. The molecular formula is C24H25F2N7O. The fraction of sp³-hybridized carbons (Fsp3) is 0.375. The van der Waals surface area contributed by atoms with Crippen LogP contribution in [0.4, 0.5) is 14.6 Å². The molecule has 0 fully saturated rings. The molecule has 4 aromatic heterocycles. The van der Waals surface area contributed by atoms with E-state index in [1.165, 1.54) is 0 Å². The number of rotatable bonds is 3. The highest BCUT2D eigenvalue weighted by Crippen LogP contribution is 2.31. The molecule has 1 aliphatic heterocycles. The van der Waals surface area contributed by atoms with Crippen LogP contribution in [0, 0.1) is 27.7 Å². The van der Waals surface area contributed by atoms with Gasteiger partial charge in [0.2, 0.25) is 0 Å². The van der Waals surface area contributed by atoms with E-state index in [0.717, 1.165) is 56.3 Å². The molecule has 4 aromatic rings. The number of fused-ring (bicyclic) bond motifs is 2. The minimum atomic E-state index is -2.82. The van der Waals surface area contributed by atoms with Gasteiger partial charge in [0.1, 0.15) is 5.69 Å². The van der Waals surface area contributed by atoms with Gasteiger partial charge in [-0.3, -0.25) is 14.5 Å². The molecule has 5 heterocycles. The SMILES string of the molecule is Cc1nn(C)c(C)c1-c1cnc2c(c1)CN(c1nn3c(=O)cc(C(F)F)nc3c(C)c1C)CC2. The van der Waals surface area contributed by atoms with E-state index < -0.39 is 17.7 Å². The monoisotopic (exact) mass is 465 g/mol. The van der Waals surface area contributed by atoms with E-state index >= 15 is 0 Å². The molecule has 34 heavy (non-hydrogen) atoms. The number of aromatic nitrogens is 6. The van der Waals surface area contributed by atoms with Crippen molar-refractivity contribution in [2.75, 3.05) is 11.4 Å². The average molecular weight is 466 g/mol. The van der Waals surface area contributed by atoms with Crippen LogP contribution in [0.1, 0.15) is 45.9 Å². The van der Waals surface area contributed by atoms with Crippen molar-refractivity contribution in [3.05, 3.63) is 68.1 Å². The van der Waals surface area contributed by atoms with Gasteiger partial charge in [-0.2, -0.15) is 9.61 Å². The summed E-state index contributed by atoms with van der Waals surface area (Å²) in [5.74, 6) is 0.642. The quantitative estimate of drug-likeness (QED) is 0.460. The van der Waals surface area contributed by atoms with Gasteiger partial charge >= 0.3 is 0 Å². The lowest BCUT2D eigenvalue weighted by Gasteiger charge is -2.31. The van der Waals surface area contributed by atoms with Crippen molar-refractivity contribution in [3.63, 3.8) is 0 Å². The molecule has 0 spiro atoms. The van der Waals surface area contributed by atoms with Crippen molar-refractivity contribution in [1.29, 1.82) is 0 Å². The largest absolute Gasteiger partial charge is 0.350 e. The predicted octanol–water partition coefficient (Wildman–Crippen LogP) is 3.62. The summed E-state index contributed by atoms with van der Waals surface area (Å²) in [5, 5.41) is 9.05. The Morgan fingerprint density at radius 3 is 2.50 bits per heavy atom. The van der Waals surface area contributed by atoms with Gasteiger partial charge < -0.3 is 4.90 Å². The smallest absolute Gasteiger partial charge is 0.280 e. The number of pyridine rings is 1. The lowest BCUT2D eigenvalue weighted by molar-refractivity contribution is 0.146. The molecule has 5 rings (SSSR count). The van der Waals surface area contributed by atoms with Crippen LogP contribution in [0.15, 0.2) is 23.1 Å². The first-order valence-corrected chi connectivity index (χ1v) is 11.1. The molecule has 1 aliphatic rings. The molecular weight excluding hydrogens is 440 g/mol. The summed E-state index contributed by atoms with van der Waals surface area (Å²) in [5.41, 5.74) is 6.72. The van der Waals surface area contributed by atoms with Crippen molar-refractivity contribution < 1.29 is 8.78 Å². The average Bonchev–Trinajstić information content (AvgIpc) is 3.06. The van der Waals surface area contributed by atoms with Gasteiger partial charge in [-0.05, 0) is 39.3 Å². The highest BCUT2D eigenvalue weighted by atomic mass is 19.3. The first-order chi connectivity index (χ1) is 16.2. The number of alkyl halides is 2. The molecule has 0 radical (unpaired) electrons. The Kier molecular flexibility index (Phi) is 5.18. The Morgan fingerprint density at radius 1 is 1.06 bits per heavy atom. The Hall–Kier alpha value is -3.69. The van der Waals surface area contributed by atoms with E-state index in [1.807, 2.05) is 38.7 Å². The summed E-state index contributed by atoms with van der Waals surface area (Å²) in [7, 11) is 1.93. The Morgan fingerprint density at radius 2 is 1.82 bits per heavy atom. The van der Waals surface area contributed by atoms with Gasteiger partial charge in [-0.1, -0.05) is 0 Å². The van der Waals surface area contributed by atoms with Crippen molar-refractivity contribution >= 4 is 11.5 Å². The standard InChI is InChI=1S/C24H25F2N7O/c1-12-13(2)24(30-33-20(34)9-19(22(25)26)28-23(12)33)32-7-6-18-17(11-32)8-16(10-27-18)21-14(3)29-31(5)15(21)4/h8-10,22H,6-7,11H2,1-5H3. The first-order valence-electron chi connectivity index (χ1n) is 11.1. The van der Waals surface area contributed by atoms with E-state index in [2.05, 4.69) is 26.1 Å². The third-order valence-electron chi connectivity index (χ3n) is 6.70. The third-order valence-corrected chi connectivity index (χ3v) is 6.70. The second kappa shape index (κ2) is 7.96. The molecule has 10 heteroatoms. The topological polar surface area (TPSA) is 81.2 Å². The summed E-state index contributed by atoms with van der Waals surface area (Å²) >= 11 is 0. The first kappa shape index (κ1) is 22.1. The van der Waals surface area contributed by atoms with Crippen molar-refractivity contribution in [3.8, 4) is 11.1 Å². The van der Waals surface area contributed by atoms with Crippen LogP contribution in [-0.4, -0.2) is 35.9 Å². The number of halogens is 2. The van der Waals surface area contributed by atoms with Crippen LogP contribution in [0.2, 0.25) is 0 Å². The van der Waals surface area contributed by atoms with Crippen LogP contribution in [0.25, 0.3) is 16.8 Å². The molecule has 8 nitrogen and oxygen atoms in total. The molecule has 0 atom stereocenters. The number of anilines is 1. The molecule has 0 aromatic carbocycles. The lowest BCUT2D eigenvalue weighted by atomic mass is 9.99. The van der Waals surface area contributed by atoms with E-state index in [1.54, 1.807) is 6.92 Å². The maximum absolute atomic E-state index is 13.2. The molecule has 0 amide bonds. The summed E-state index contributed by atoms with van der Waals surface area (Å²) in [6, 6.07) is 3.00. The van der Waals surface area contributed by atoms with E-state index in [9.17, 15) is 13.6 Å². The van der Waals surface area contributed by atoms with Crippen molar-refractivity contribution in [2.45, 2.75) is 47.1 Å². The Labute approximate surface area is 194 Å². The normalized spacial score (nSPS) is 13.7. The van der Waals surface area contributed by atoms with Crippen LogP contribution < -0.4 is 10.5 Å². The van der Waals surface area contributed by atoms with Gasteiger partial charge in [0.25, 0.3) is 12.0 Å². The van der Waals surface area contributed by atoms with E-state index in [0.29, 0.717) is 24.5 Å². The maximum atomic E-state index is 13.2. The highest BCUT2D eigenvalue weighted by Gasteiger charge is 2.24. The van der Waals surface area contributed by atoms with Gasteiger partial charge in [0, 0.05) is 72.5 Å². The van der Waals surface area contributed by atoms with Gasteiger partial charge in [0.05, 0.1) is 5.69 Å². The van der Waals surface area contributed by atoms with Gasteiger partial charge in [-0.25, -0.2) is 13.8 Å². The van der Waals surface area contributed by atoms with Crippen LogP contribution in [-0.2, 0) is 20.0 Å². The van der Waals surface area contributed by atoms with Gasteiger partial charge in [0.15, 0.2) is 11.5 Å². The number of hydrogen-bond donors (Lipinski definition) is 0. The maximum Gasteiger partial charge on any atom is 0.280 e. The molecule has 0 aliphatic carbocycles. The van der Waals surface area contributed by atoms with Crippen LogP contribution in [0.3, 0.4) is 0 Å². The fourth-order valence-corrected chi connectivity index (χ4v) is 4.69. The van der Waals surface area contributed by atoms with Crippen LogP contribution in [0.5, 0.6) is 0 Å². The Balaban J connectivity index is 1.57. The second-order valence-corrected chi connectivity index (χ2v) is 8.80. The third kappa shape index (κ3) is 3.44. The lowest BCUT2D eigenvalue weighted by Crippen LogP contribution is -2.34.